The fourth-order valence-electron chi connectivity index (χ4n) is 3.04. The summed E-state index contributed by atoms with van der Waals surface area (Å²) in [7, 11) is 0. The third-order valence-electron chi connectivity index (χ3n) is 4.74. The summed E-state index contributed by atoms with van der Waals surface area (Å²) in [6.07, 6.45) is -0.0326. The van der Waals surface area contributed by atoms with Crippen molar-refractivity contribution in [2.24, 2.45) is 0 Å². The molecular weight excluding hydrogens is 378 g/mol. The maximum atomic E-state index is 12.5. The molecule has 0 spiro atoms. The van der Waals surface area contributed by atoms with E-state index in [0.717, 1.165) is 16.7 Å². The molecule has 0 saturated carbocycles. The van der Waals surface area contributed by atoms with Gasteiger partial charge in [0.1, 0.15) is 6.04 Å². The molecule has 8 heteroatoms. The molecule has 3 aromatic rings. The quantitative estimate of drug-likeness (QED) is 0.704. The van der Waals surface area contributed by atoms with Gasteiger partial charge in [0.2, 0.25) is 11.9 Å². The molecule has 0 fully saturated rings. The van der Waals surface area contributed by atoms with Crippen molar-refractivity contribution in [1.82, 2.24) is 14.8 Å². The van der Waals surface area contributed by atoms with Crippen LogP contribution in [0.2, 0.25) is 5.02 Å². The summed E-state index contributed by atoms with van der Waals surface area (Å²) in [5, 5.41) is 10.5. The Balaban J connectivity index is 1.51. The van der Waals surface area contributed by atoms with E-state index < -0.39 is 6.04 Å². The lowest BCUT2D eigenvalue weighted by molar-refractivity contribution is -0.123. The monoisotopic (exact) mass is 395 g/mol. The van der Waals surface area contributed by atoms with Crippen LogP contribution in [-0.2, 0) is 9.59 Å². The van der Waals surface area contributed by atoms with Crippen LogP contribution in [0.4, 0.5) is 11.6 Å². The highest BCUT2D eigenvalue weighted by Crippen LogP contribution is 2.29. The Morgan fingerprint density at radius 1 is 1.18 bits per heavy atom. The molecule has 0 bridgehead atoms. The molecule has 142 valence electrons. The number of benzene rings is 2. The van der Waals surface area contributed by atoms with Gasteiger partial charge in [-0.3, -0.25) is 14.9 Å². The lowest BCUT2D eigenvalue weighted by Crippen LogP contribution is -2.23. The van der Waals surface area contributed by atoms with E-state index in [1.165, 1.54) is 4.68 Å². The molecule has 2 heterocycles. The second-order valence-corrected chi connectivity index (χ2v) is 7.20. The molecule has 2 aromatic carbocycles. The lowest BCUT2D eigenvalue weighted by Gasteiger charge is -2.11. The van der Waals surface area contributed by atoms with Crippen LogP contribution in [0.15, 0.2) is 42.5 Å². The van der Waals surface area contributed by atoms with Gasteiger partial charge in [0.05, 0.1) is 6.42 Å². The first kappa shape index (κ1) is 18.2. The summed E-state index contributed by atoms with van der Waals surface area (Å²) in [5.41, 5.74) is 3.71. The van der Waals surface area contributed by atoms with Gasteiger partial charge in [-0.05, 0) is 61.4 Å². The van der Waals surface area contributed by atoms with Crippen LogP contribution in [0.25, 0.3) is 11.4 Å². The van der Waals surface area contributed by atoms with E-state index >= 15 is 0 Å². The van der Waals surface area contributed by atoms with E-state index in [9.17, 15) is 9.59 Å². The van der Waals surface area contributed by atoms with E-state index in [1.807, 2.05) is 32.0 Å². The molecule has 0 saturated heterocycles. The number of hydrogen-bond acceptors (Lipinski definition) is 4. The number of carbonyl (C=O) groups excluding carboxylic acids is 2. The van der Waals surface area contributed by atoms with Crippen LogP contribution < -0.4 is 10.6 Å². The molecule has 2 N–H and O–H groups in total. The third kappa shape index (κ3) is 3.48. The zero-order valence-corrected chi connectivity index (χ0v) is 16.1. The van der Waals surface area contributed by atoms with Crippen molar-refractivity contribution in [3.8, 4) is 11.4 Å². The minimum Gasteiger partial charge on any atom is -0.326 e. The van der Waals surface area contributed by atoms with Crippen LogP contribution in [0.5, 0.6) is 0 Å². The first-order valence-electron chi connectivity index (χ1n) is 8.81. The van der Waals surface area contributed by atoms with Crippen molar-refractivity contribution in [3.05, 3.63) is 58.6 Å². The molecule has 1 aromatic heterocycles. The number of amides is 2. The van der Waals surface area contributed by atoms with Gasteiger partial charge in [-0.25, -0.2) is 4.68 Å². The number of halogens is 1. The number of nitrogens with one attached hydrogen (secondary N) is 2. The molecule has 2 amide bonds. The van der Waals surface area contributed by atoms with Crippen molar-refractivity contribution in [3.63, 3.8) is 0 Å². The summed E-state index contributed by atoms with van der Waals surface area (Å²) in [5.74, 6) is 0.234. The standard InChI is InChI=1S/C20H18ClN5O2/c1-11-3-8-15(9-12(11)2)22-17(27)10-16-19(28)24-20-23-18(25-26(16)20)13-4-6-14(21)7-5-13/h3-9,16H,10H2,1-2H3,(H,22,27)(H,23,24,25,28)/t16-/m0/s1. The van der Waals surface area contributed by atoms with Gasteiger partial charge in [-0.1, -0.05) is 17.7 Å². The average molecular weight is 396 g/mol. The molecule has 4 rings (SSSR count). The normalized spacial score (nSPS) is 15.2. The Kier molecular flexibility index (Phi) is 4.60. The Hall–Kier alpha value is -3.19. The largest absolute Gasteiger partial charge is 0.326 e. The lowest BCUT2D eigenvalue weighted by atomic mass is 10.1. The van der Waals surface area contributed by atoms with Crippen LogP contribution in [0, 0.1) is 13.8 Å². The summed E-state index contributed by atoms with van der Waals surface area (Å²) >= 11 is 5.91. The SMILES string of the molecule is Cc1ccc(NC(=O)C[C@H]2C(=O)Nc3nc(-c4ccc(Cl)cc4)nn32)cc1C. The number of rotatable bonds is 4. The van der Waals surface area contributed by atoms with Gasteiger partial charge < -0.3 is 5.32 Å². The number of nitrogens with zero attached hydrogens (tertiary/aromatic N) is 3. The third-order valence-corrected chi connectivity index (χ3v) is 4.99. The van der Waals surface area contributed by atoms with Crippen molar-refractivity contribution in [1.29, 1.82) is 0 Å². The van der Waals surface area contributed by atoms with Gasteiger partial charge in [-0.2, -0.15) is 4.98 Å². The van der Waals surface area contributed by atoms with E-state index in [0.29, 0.717) is 22.5 Å². The van der Waals surface area contributed by atoms with Crippen LogP contribution in [-0.4, -0.2) is 26.6 Å². The summed E-state index contributed by atoms with van der Waals surface area (Å²) in [6, 6.07) is 12.0. The Morgan fingerprint density at radius 3 is 2.64 bits per heavy atom. The van der Waals surface area contributed by atoms with E-state index in [1.54, 1.807) is 24.3 Å². The van der Waals surface area contributed by atoms with Gasteiger partial charge in [0, 0.05) is 16.3 Å². The smallest absolute Gasteiger partial charge is 0.252 e. The van der Waals surface area contributed by atoms with Gasteiger partial charge in [0.15, 0.2) is 5.82 Å². The second-order valence-electron chi connectivity index (χ2n) is 6.77. The number of aryl methyl sites for hydroxylation is 2. The molecular formula is C20H18ClN5O2. The summed E-state index contributed by atoms with van der Waals surface area (Å²) in [6.45, 7) is 3.99. The highest BCUT2D eigenvalue weighted by atomic mass is 35.5. The number of fused-ring (bicyclic) bond motifs is 1. The van der Waals surface area contributed by atoms with Gasteiger partial charge >= 0.3 is 0 Å². The molecule has 0 unspecified atom stereocenters. The van der Waals surface area contributed by atoms with Crippen molar-refractivity contribution >= 4 is 35.1 Å². The zero-order valence-electron chi connectivity index (χ0n) is 15.4. The first-order valence-corrected chi connectivity index (χ1v) is 9.19. The van der Waals surface area contributed by atoms with Crippen molar-refractivity contribution in [2.45, 2.75) is 26.3 Å². The van der Waals surface area contributed by atoms with Crippen molar-refractivity contribution < 1.29 is 9.59 Å². The van der Waals surface area contributed by atoms with E-state index in [4.69, 9.17) is 11.6 Å². The van der Waals surface area contributed by atoms with Crippen LogP contribution >= 0.6 is 11.6 Å². The fourth-order valence-corrected chi connectivity index (χ4v) is 3.16. The number of aromatic nitrogens is 3. The van der Waals surface area contributed by atoms with Gasteiger partial charge in [0.25, 0.3) is 5.91 Å². The zero-order chi connectivity index (χ0) is 19.8. The molecule has 0 radical (unpaired) electrons. The summed E-state index contributed by atoms with van der Waals surface area (Å²) < 4.78 is 1.46. The van der Waals surface area contributed by atoms with Crippen LogP contribution in [0.3, 0.4) is 0 Å². The maximum absolute atomic E-state index is 12.5. The topological polar surface area (TPSA) is 88.9 Å². The maximum Gasteiger partial charge on any atom is 0.252 e. The van der Waals surface area contributed by atoms with E-state index in [-0.39, 0.29) is 18.2 Å². The molecule has 1 aliphatic heterocycles. The highest BCUT2D eigenvalue weighted by Gasteiger charge is 2.35. The molecule has 1 atom stereocenters. The number of anilines is 2. The minimum absolute atomic E-state index is 0.0326. The molecule has 28 heavy (non-hydrogen) atoms. The second kappa shape index (κ2) is 7.09. The molecule has 0 aliphatic carbocycles. The first-order chi connectivity index (χ1) is 13.4. The minimum atomic E-state index is -0.741. The number of carbonyl (C=O) groups is 2. The summed E-state index contributed by atoms with van der Waals surface area (Å²) in [4.78, 5) is 29.1. The van der Waals surface area contributed by atoms with Crippen molar-refractivity contribution in [2.75, 3.05) is 10.6 Å². The fraction of sp³-hybridized carbons (Fsp3) is 0.200. The predicted octanol–water partition coefficient (Wildman–Crippen LogP) is 3.74. The molecule has 1 aliphatic rings. The predicted molar refractivity (Wildman–Crippen MR) is 107 cm³/mol. The molecule has 7 nitrogen and oxygen atoms in total. The average Bonchev–Trinajstić information content (AvgIpc) is 3.18. The Morgan fingerprint density at radius 2 is 1.93 bits per heavy atom. The van der Waals surface area contributed by atoms with E-state index in [2.05, 4.69) is 20.7 Å². The van der Waals surface area contributed by atoms with Crippen LogP contribution in [0.1, 0.15) is 23.6 Å². The highest BCUT2D eigenvalue weighted by molar-refractivity contribution is 6.30. The van der Waals surface area contributed by atoms with Gasteiger partial charge in [-0.15, -0.1) is 5.10 Å². The Bertz CT molecular complexity index is 1070. The number of hydrogen-bond donors (Lipinski definition) is 2. The Labute approximate surface area is 166 Å².